The molecule has 0 bridgehead atoms. The Kier molecular flexibility index (Phi) is 2.75. The van der Waals surface area contributed by atoms with Gasteiger partial charge in [-0.15, -0.1) is 0 Å². The first-order chi connectivity index (χ1) is 6.66. The smallest absolute Gasteiger partial charge is 0.161 e. The zero-order valence-corrected chi connectivity index (χ0v) is 9.32. The third-order valence-electron chi connectivity index (χ3n) is 2.16. The molecule has 1 atom stereocenters. The van der Waals surface area contributed by atoms with Crippen molar-refractivity contribution in [3.8, 4) is 5.75 Å². The van der Waals surface area contributed by atoms with E-state index < -0.39 is 0 Å². The molecule has 2 rings (SSSR count). The molecule has 2 nitrogen and oxygen atoms in total. The molecule has 1 aliphatic rings. The summed E-state index contributed by atoms with van der Waals surface area (Å²) in [5.41, 5.74) is 0.881. The molecule has 4 heteroatoms. The van der Waals surface area contributed by atoms with Gasteiger partial charge in [0.15, 0.2) is 5.75 Å². The van der Waals surface area contributed by atoms with Crippen LogP contribution >= 0.6 is 23.2 Å². The van der Waals surface area contributed by atoms with Crippen molar-refractivity contribution in [2.24, 2.45) is 5.92 Å². The van der Waals surface area contributed by atoms with Crippen molar-refractivity contribution in [1.29, 1.82) is 0 Å². The van der Waals surface area contributed by atoms with Gasteiger partial charge in [-0.25, -0.2) is 0 Å². The van der Waals surface area contributed by atoms with Gasteiger partial charge in [0.05, 0.1) is 17.3 Å². The molecule has 1 aromatic carbocycles. The molecule has 1 N–H and O–H groups in total. The maximum Gasteiger partial charge on any atom is 0.161 e. The van der Waals surface area contributed by atoms with Gasteiger partial charge < -0.3 is 10.1 Å². The van der Waals surface area contributed by atoms with Gasteiger partial charge in [0.1, 0.15) is 0 Å². The molecule has 76 valence electrons. The van der Waals surface area contributed by atoms with Crippen molar-refractivity contribution in [2.75, 3.05) is 18.5 Å². The van der Waals surface area contributed by atoms with Crippen LogP contribution in [0.3, 0.4) is 0 Å². The molecule has 0 aliphatic carbocycles. The van der Waals surface area contributed by atoms with Crippen LogP contribution in [-0.2, 0) is 0 Å². The minimum absolute atomic E-state index is 0.470. The minimum atomic E-state index is 0.470. The van der Waals surface area contributed by atoms with Gasteiger partial charge in [0.2, 0.25) is 0 Å². The Morgan fingerprint density at radius 1 is 1.43 bits per heavy atom. The van der Waals surface area contributed by atoms with Gasteiger partial charge in [0.25, 0.3) is 0 Å². The van der Waals surface area contributed by atoms with E-state index in [0.717, 1.165) is 12.2 Å². The number of fused-ring (bicyclic) bond motifs is 1. The lowest BCUT2D eigenvalue weighted by atomic mass is 10.2. The molecule has 0 spiro atoms. The normalized spacial score (nSPS) is 20.4. The number of benzene rings is 1. The summed E-state index contributed by atoms with van der Waals surface area (Å²) in [6.07, 6.45) is 0. The van der Waals surface area contributed by atoms with E-state index in [1.165, 1.54) is 0 Å². The van der Waals surface area contributed by atoms with E-state index in [0.29, 0.717) is 28.3 Å². The topological polar surface area (TPSA) is 21.3 Å². The number of halogens is 2. The van der Waals surface area contributed by atoms with Gasteiger partial charge in [-0.05, 0) is 12.1 Å². The van der Waals surface area contributed by atoms with Crippen LogP contribution in [0.25, 0.3) is 0 Å². The molecule has 0 saturated heterocycles. The van der Waals surface area contributed by atoms with Crippen molar-refractivity contribution in [2.45, 2.75) is 6.92 Å². The van der Waals surface area contributed by atoms with Gasteiger partial charge in [0, 0.05) is 17.5 Å². The monoisotopic (exact) mass is 231 g/mol. The minimum Gasteiger partial charge on any atom is -0.489 e. The predicted molar refractivity (Wildman–Crippen MR) is 59.6 cm³/mol. The van der Waals surface area contributed by atoms with E-state index in [9.17, 15) is 0 Å². The van der Waals surface area contributed by atoms with E-state index in [-0.39, 0.29) is 0 Å². The molecule has 1 aliphatic heterocycles. The lowest BCUT2D eigenvalue weighted by Gasteiger charge is -2.09. The van der Waals surface area contributed by atoms with Gasteiger partial charge in [-0.3, -0.25) is 0 Å². The van der Waals surface area contributed by atoms with Crippen molar-refractivity contribution in [1.82, 2.24) is 0 Å². The molecule has 1 heterocycles. The standard InChI is InChI=1S/C10H11Cl2NO/c1-6-4-13-9-3-7(11)2-8(12)10(9)14-5-6/h2-3,6,13H,4-5H2,1H3. The molecule has 0 amide bonds. The van der Waals surface area contributed by atoms with Crippen LogP contribution in [0.2, 0.25) is 10.0 Å². The largest absolute Gasteiger partial charge is 0.489 e. The van der Waals surface area contributed by atoms with Crippen molar-refractivity contribution >= 4 is 28.9 Å². The zero-order chi connectivity index (χ0) is 10.1. The van der Waals surface area contributed by atoms with Gasteiger partial charge in [-0.2, -0.15) is 0 Å². The van der Waals surface area contributed by atoms with E-state index in [2.05, 4.69) is 12.2 Å². The third kappa shape index (κ3) is 1.91. The molecular weight excluding hydrogens is 221 g/mol. The number of anilines is 1. The number of hydrogen-bond acceptors (Lipinski definition) is 2. The van der Waals surface area contributed by atoms with Gasteiger partial charge in [-0.1, -0.05) is 30.1 Å². The number of ether oxygens (including phenoxy) is 1. The van der Waals surface area contributed by atoms with Crippen molar-refractivity contribution < 1.29 is 4.74 Å². The van der Waals surface area contributed by atoms with Crippen LogP contribution < -0.4 is 10.1 Å². The molecule has 1 aromatic rings. The maximum atomic E-state index is 6.02. The Bertz CT molecular complexity index is 354. The summed E-state index contributed by atoms with van der Waals surface area (Å²) >= 11 is 11.9. The highest BCUT2D eigenvalue weighted by molar-refractivity contribution is 6.36. The summed E-state index contributed by atoms with van der Waals surface area (Å²) < 4.78 is 5.59. The average Bonchev–Trinajstić information content (AvgIpc) is 2.28. The van der Waals surface area contributed by atoms with Crippen LogP contribution in [-0.4, -0.2) is 13.2 Å². The lowest BCUT2D eigenvalue weighted by molar-refractivity contribution is 0.276. The molecule has 0 radical (unpaired) electrons. The second kappa shape index (κ2) is 3.87. The number of rotatable bonds is 0. The first-order valence-electron chi connectivity index (χ1n) is 4.52. The van der Waals surface area contributed by atoms with E-state index in [4.69, 9.17) is 27.9 Å². The fraction of sp³-hybridized carbons (Fsp3) is 0.400. The lowest BCUT2D eigenvalue weighted by Crippen LogP contribution is -2.13. The Morgan fingerprint density at radius 2 is 2.21 bits per heavy atom. The Hall–Kier alpha value is -0.600. The Balaban J connectivity index is 2.40. The summed E-state index contributed by atoms with van der Waals surface area (Å²) in [5.74, 6) is 1.18. The second-order valence-electron chi connectivity index (χ2n) is 3.56. The number of nitrogens with one attached hydrogen (secondary N) is 1. The highest BCUT2D eigenvalue weighted by atomic mass is 35.5. The van der Waals surface area contributed by atoms with Crippen molar-refractivity contribution in [3.63, 3.8) is 0 Å². The molecular formula is C10H11Cl2NO. The second-order valence-corrected chi connectivity index (χ2v) is 4.41. The number of hydrogen-bond donors (Lipinski definition) is 1. The maximum absolute atomic E-state index is 6.02. The summed E-state index contributed by atoms with van der Waals surface area (Å²) in [6.45, 7) is 3.68. The van der Waals surface area contributed by atoms with E-state index >= 15 is 0 Å². The first kappa shape index (κ1) is 9.94. The molecule has 14 heavy (non-hydrogen) atoms. The summed E-state index contributed by atoms with van der Waals surface area (Å²) in [4.78, 5) is 0. The third-order valence-corrected chi connectivity index (χ3v) is 2.66. The fourth-order valence-electron chi connectivity index (χ4n) is 1.41. The van der Waals surface area contributed by atoms with Crippen LogP contribution in [0.5, 0.6) is 5.75 Å². The van der Waals surface area contributed by atoms with E-state index in [1.807, 2.05) is 6.07 Å². The highest BCUT2D eigenvalue weighted by Crippen LogP contribution is 2.37. The van der Waals surface area contributed by atoms with Crippen LogP contribution in [0.4, 0.5) is 5.69 Å². The van der Waals surface area contributed by atoms with Crippen LogP contribution in [0, 0.1) is 5.92 Å². The predicted octanol–water partition coefficient (Wildman–Crippen LogP) is 3.43. The van der Waals surface area contributed by atoms with Crippen molar-refractivity contribution in [3.05, 3.63) is 22.2 Å². The Morgan fingerprint density at radius 3 is 3.00 bits per heavy atom. The Labute approximate surface area is 93.2 Å². The van der Waals surface area contributed by atoms with Crippen LogP contribution in [0.15, 0.2) is 12.1 Å². The highest BCUT2D eigenvalue weighted by Gasteiger charge is 2.16. The van der Waals surface area contributed by atoms with E-state index in [1.54, 1.807) is 6.07 Å². The van der Waals surface area contributed by atoms with Crippen LogP contribution in [0.1, 0.15) is 6.92 Å². The summed E-state index contributed by atoms with van der Waals surface area (Å²) in [7, 11) is 0. The first-order valence-corrected chi connectivity index (χ1v) is 5.28. The quantitative estimate of drug-likeness (QED) is 0.739. The SMILES string of the molecule is CC1CNc2cc(Cl)cc(Cl)c2OC1. The zero-order valence-electron chi connectivity index (χ0n) is 7.81. The summed E-state index contributed by atoms with van der Waals surface area (Å²) in [5, 5.41) is 4.45. The molecule has 1 unspecified atom stereocenters. The summed E-state index contributed by atoms with van der Waals surface area (Å²) in [6, 6.07) is 3.53. The average molecular weight is 232 g/mol. The molecule has 0 saturated carbocycles. The fourth-order valence-corrected chi connectivity index (χ4v) is 1.96. The molecule has 0 fully saturated rings. The van der Waals surface area contributed by atoms with Gasteiger partial charge >= 0.3 is 0 Å². The molecule has 0 aromatic heterocycles.